The van der Waals surface area contributed by atoms with E-state index in [1.54, 1.807) is 7.11 Å². The molecule has 22 heavy (non-hydrogen) atoms. The number of nitrogens with one attached hydrogen (secondary N) is 2. The number of carbonyl (C=O) groups excluding carboxylic acids is 1. The lowest BCUT2D eigenvalue weighted by Gasteiger charge is -2.34. The first-order valence-corrected chi connectivity index (χ1v) is 7.47. The molecule has 0 bridgehead atoms. The van der Waals surface area contributed by atoms with Crippen LogP contribution in [-0.2, 0) is 4.74 Å². The SMILES string of the molecule is COc1ccc(NC2CC(N)C2)cc1NC(=O)OC(C)(C)C. The molecule has 0 radical (unpaired) electrons. The fraction of sp³-hybridized carbons (Fsp3) is 0.562. The summed E-state index contributed by atoms with van der Waals surface area (Å²) >= 11 is 0. The lowest BCUT2D eigenvalue weighted by atomic mass is 9.87. The summed E-state index contributed by atoms with van der Waals surface area (Å²) < 4.78 is 10.5. The topological polar surface area (TPSA) is 85.6 Å². The Kier molecular flexibility index (Phi) is 4.81. The Balaban J connectivity index is 2.05. The van der Waals surface area contributed by atoms with Gasteiger partial charge >= 0.3 is 6.09 Å². The van der Waals surface area contributed by atoms with Crippen LogP contribution in [0, 0.1) is 0 Å². The van der Waals surface area contributed by atoms with Crippen LogP contribution in [0.4, 0.5) is 16.2 Å². The minimum atomic E-state index is -0.546. The number of benzene rings is 1. The largest absolute Gasteiger partial charge is 0.495 e. The average molecular weight is 307 g/mol. The molecule has 1 aromatic rings. The van der Waals surface area contributed by atoms with Crippen LogP contribution in [0.5, 0.6) is 5.75 Å². The standard InChI is InChI=1S/C16H25N3O3/c1-16(2,3)22-15(20)19-13-9-11(5-6-14(13)21-4)18-12-7-10(17)8-12/h5-6,9-10,12,18H,7-8,17H2,1-4H3,(H,19,20). The maximum atomic E-state index is 11.9. The van der Waals surface area contributed by atoms with Crippen LogP contribution >= 0.6 is 0 Å². The highest BCUT2D eigenvalue weighted by Crippen LogP contribution is 2.30. The van der Waals surface area contributed by atoms with E-state index in [0.29, 0.717) is 17.5 Å². The summed E-state index contributed by atoms with van der Waals surface area (Å²) in [6.45, 7) is 5.46. The van der Waals surface area contributed by atoms with Crippen molar-refractivity contribution in [3.05, 3.63) is 18.2 Å². The van der Waals surface area contributed by atoms with Crippen LogP contribution in [0.1, 0.15) is 33.6 Å². The van der Waals surface area contributed by atoms with Gasteiger partial charge in [0.25, 0.3) is 0 Å². The van der Waals surface area contributed by atoms with E-state index in [1.165, 1.54) is 0 Å². The Morgan fingerprint density at radius 2 is 2.00 bits per heavy atom. The molecule has 0 saturated heterocycles. The number of hydrogen-bond donors (Lipinski definition) is 3. The van der Waals surface area contributed by atoms with Gasteiger partial charge in [0.05, 0.1) is 12.8 Å². The summed E-state index contributed by atoms with van der Waals surface area (Å²) in [4.78, 5) is 11.9. The number of hydrogen-bond acceptors (Lipinski definition) is 5. The molecule has 6 nitrogen and oxygen atoms in total. The molecule has 1 saturated carbocycles. The Labute approximate surface area is 131 Å². The van der Waals surface area contributed by atoms with Crippen LogP contribution in [0.2, 0.25) is 0 Å². The van der Waals surface area contributed by atoms with Crippen molar-refractivity contribution in [2.75, 3.05) is 17.7 Å². The number of ether oxygens (including phenoxy) is 2. The second-order valence-electron chi connectivity index (χ2n) is 6.61. The summed E-state index contributed by atoms with van der Waals surface area (Å²) in [5, 5.41) is 6.12. The van der Waals surface area contributed by atoms with E-state index in [4.69, 9.17) is 15.2 Å². The lowest BCUT2D eigenvalue weighted by Crippen LogP contribution is -2.44. The van der Waals surface area contributed by atoms with Crippen molar-refractivity contribution in [3.8, 4) is 5.75 Å². The molecule has 0 spiro atoms. The summed E-state index contributed by atoms with van der Waals surface area (Å²) in [5.74, 6) is 0.585. The predicted molar refractivity (Wildman–Crippen MR) is 87.5 cm³/mol. The molecule has 0 atom stereocenters. The Morgan fingerprint density at radius 1 is 1.32 bits per heavy atom. The zero-order valence-corrected chi connectivity index (χ0v) is 13.6. The monoisotopic (exact) mass is 307 g/mol. The van der Waals surface area contributed by atoms with Gasteiger partial charge in [-0.05, 0) is 51.8 Å². The highest BCUT2D eigenvalue weighted by atomic mass is 16.6. The van der Waals surface area contributed by atoms with Crippen molar-refractivity contribution >= 4 is 17.5 Å². The van der Waals surface area contributed by atoms with Crippen LogP contribution < -0.4 is 21.1 Å². The van der Waals surface area contributed by atoms with E-state index in [2.05, 4.69) is 10.6 Å². The van der Waals surface area contributed by atoms with Gasteiger partial charge in [0.1, 0.15) is 11.4 Å². The van der Waals surface area contributed by atoms with E-state index in [-0.39, 0.29) is 6.04 Å². The molecule has 1 fully saturated rings. The van der Waals surface area contributed by atoms with Crippen LogP contribution in [0.15, 0.2) is 18.2 Å². The molecule has 122 valence electrons. The van der Waals surface area contributed by atoms with Gasteiger partial charge in [-0.3, -0.25) is 5.32 Å². The fourth-order valence-electron chi connectivity index (χ4n) is 2.32. The van der Waals surface area contributed by atoms with Crippen molar-refractivity contribution in [2.45, 2.75) is 51.3 Å². The molecule has 0 aliphatic heterocycles. The predicted octanol–water partition coefficient (Wildman–Crippen LogP) is 2.94. The van der Waals surface area contributed by atoms with Gasteiger partial charge in [-0.15, -0.1) is 0 Å². The number of carbonyl (C=O) groups is 1. The van der Waals surface area contributed by atoms with Crippen molar-refractivity contribution in [3.63, 3.8) is 0 Å². The number of methoxy groups -OCH3 is 1. The molecular formula is C16H25N3O3. The average Bonchev–Trinajstić information content (AvgIpc) is 2.35. The molecule has 0 aromatic heterocycles. The molecular weight excluding hydrogens is 282 g/mol. The third-order valence-corrected chi connectivity index (χ3v) is 3.38. The van der Waals surface area contributed by atoms with Crippen molar-refractivity contribution in [1.29, 1.82) is 0 Å². The van der Waals surface area contributed by atoms with E-state index < -0.39 is 11.7 Å². The van der Waals surface area contributed by atoms with Gasteiger partial charge in [0, 0.05) is 17.8 Å². The minimum absolute atomic E-state index is 0.287. The molecule has 0 unspecified atom stereocenters. The van der Waals surface area contributed by atoms with Crippen LogP contribution in [0.25, 0.3) is 0 Å². The summed E-state index contributed by atoms with van der Waals surface area (Å²) in [7, 11) is 1.56. The zero-order valence-electron chi connectivity index (χ0n) is 13.6. The quantitative estimate of drug-likeness (QED) is 0.796. The normalized spacial score (nSPS) is 20.8. The Hall–Kier alpha value is -1.95. The van der Waals surface area contributed by atoms with Crippen LogP contribution in [-0.4, -0.2) is 30.9 Å². The molecule has 6 heteroatoms. The molecule has 1 amide bonds. The van der Waals surface area contributed by atoms with Gasteiger partial charge in [-0.2, -0.15) is 0 Å². The maximum Gasteiger partial charge on any atom is 0.412 e. The van der Waals surface area contributed by atoms with Gasteiger partial charge < -0.3 is 20.5 Å². The third kappa shape index (κ3) is 4.53. The molecule has 1 aromatic carbocycles. The first-order chi connectivity index (χ1) is 10.3. The van der Waals surface area contributed by atoms with Crippen molar-refractivity contribution in [1.82, 2.24) is 0 Å². The number of anilines is 2. The van der Waals surface area contributed by atoms with Gasteiger partial charge in [0.15, 0.2) is 0 Å². The maximum absolute atomic E-state index is 11.9. The second-order valence-corrected chi connectivity index (χ2v) is 6.61. The lowest BCUT2D eigenvalue weighted by molar-refractivity contribution is 0.0635. The van der Waals surface area contributed by atoms with E-state index in [1.807, 2.05) is 39.0 Å². The molecule has 0 heterocycles. The summed E-state index contributed by atoms with van der Waals surface area (Å²) in [5.41, 5.74) is 6.74. The van der Waals surface area contributed by atoms with Crippen molar-refractivity contribution in [2.24, 2.45) is 5.73 Å². The highest BCUT2D eigenvalue weighted by Gasteiger charge is 2.25. The number of nitrogens with two attached hydrogens (primary N) is 1. The van der Waals surface area contributed by atoms with Crippen LogP contribution in [0.3, 0.4) is 0 Å². The van der Waals surface area contributed by atoms with Gasteiger partial charge in [0.2, 0.25) is 0 Å². The first-order valence-electron chi connectivity index (χ1n) is 7.47. The van der Waals surface area contributed by atoms with Gasteiger partial charge in [-0.1, -0.05) is 0 Å². The smallest absolute Gasteiger partial charge is 0.412 e. The second kappa shape index (κ2) is 6.44. The van der Waals surface area contributed by atoms with E-state index in [0.717, 1.165) is 18.5 Å². The molecule has 1 aliphatic rings. The first kappa shape index (κ1) is 16.4. The Bertz CT molecular complexity index is 534. The van der Waals surface area contributed by atoms with E-state index in [9.17, 15) is 4.79 Å². The van der Waals surface area contributed by atoms with E-state index >= 15 is 0 Å². The number of amides is 1. The third-order valence-electron chi connectivity index (χ3n) is 3.38. The molecule has 2 rings (SSSR count). The van der Waals surface area contributed by atoms with Crippen molar-refractivity contribution < 1.29 is 14.3 Å². The fourth-order valence-corrected chi connectivity index (χ4v) is 2.32. The minimum Gasteiger partial charge on any atom is -0.495 e. The molecule has 4 N–H and O–H groups in total. The number of rotatable bonds is 4. The Morgan fingerprint density at radius 3 is 2.55 bits per heavy atom. The summed E-state index contributed by atoms with van der Waals surface area (Å²) in [6.07, 6.45) is 1.41. The summed E-state index contributed by atoms with van der Waals surface area (Å²) in [6, 6.07) is 6.25. The van der Waals surface area contributed by atoms with Gasteiger partial charge in [-0.25, -0.2) is 4.79 Å². The zero-order chi connectivity index (χ0) is 16.3. The highest BCUT2D eigenvalue weighted by molar-refractivity contribution is 5.88. The molecule has 1 aliphatic carbocycles.